The molecule has 0 bridgehead atoms. The maximum atomic E-state index is 13.8. The highest BCUT2D eigenvalue weighted by atomic mass is 19.1. The van der Waals surface area contributed by atoms with Gasteiger partial charge in [0.25, 0.3) is 0 Å². The van der Waals surface area contributed by atoms with E-state index in [1.54, 1.807) is 12.1 Å². The molecule has 0 aliphatic heterocycles. The molecule has 154 valence electrons. The summed E-state index contributed by atoms with van der Waals surface area (Å²) in [5.41, 5.74) is 4.78. The third-order valence-electron chi connectivity index (χ3n) is 5.14. The van der Waals surface area contributed by atoms with E-state index in [-0.39, 0.29) is 17.9 Å². The lowest BCUT2D eigenvalue weighted by atomic mass is 9.91. The van der Waals surface area contributed by atoms with Gasteiger partial charge in [-0.2, -0.15) is 0 Å². The summed E-state index contributed by atoms with van der Waals surface area (Å²) in [5, 5.41) is 9.51. The number of nitrogens with one attached hydrogen (secondary N) is 1. The molecular formula is C23H21F2N3O2. The van der Waals surface area contributed by atoms with Crippen LogP contribution in [0.25, 0.3) is 0 Å². The Hall–Kier alpha value is -3.32. The fourth-order valence-electron chi connectivity index (χ4n) is 3.60. The first-order valence-electron chi connectivity index (χ1n) is 9.78. The number of nitrogens with zero attached hydrogens (tertiary/aromatic N) is 2. The molecule has 0 atom stereocenters. The van der Waals surface area contributed by atoms with Crippen molar-refractivity contribution in [3.63, 3.8) is 0 Å². The summed E-state index contributed by atoms with van der Waals surface area (Å²) < 4.78 is 33.7. The van der Waals surface area contributed by atoms with Crippen molar-refractivity contribution in [1.82, 2.24) is 10.5 Å². The zero-order valence-electron chi connectivity index (χ0n) is 16.2. The van der Waals surface area contributed by atoms with Crippen LogP contribution in [0.5, 0.6) is 11.6 Å². The van der Waals surface area contributed by atoms with Gasteiger partial charge in [0, 0.05) is 23.4 Å². The van der Waals surface area contributed by atoms with Gasteiger partial charge in [-0.3, -0.25) is 15.7 Å². The normalized spacial score (nSPS) is 13.6. The lowest BCUT2D eigenvalue weighted by Gasteiger charge is -2.19. The molecule has 0 saturated carbocycles. The molecule has 0 saturated heterocycles. The van der Waals surface area contributed by atoms with E-state index in [9.17, 15) is 14.0 Å². The van der Waals surface area contributed by atoms with Gasteiger partial charge in [-0.25, -0.2) is 13.8 Å². The van der Waals surface area contributed by atoms with Crippen LogP contribution in [-0.4, -0.2) is 16.0 Å². The van der Waals surface area contributed by atoms with Crippen LogP contribution >= 0.6 is 0 Å². The Morgan fingerprint density at radius 2 is 1.83 bits per heavy atom. The number of rotatable bonds is 5. The summed E-state index contributed by atoms with van der Waals surface area (Å²) in [5.74, 6) is -0.223. The molecule has 0 spiro atoms. The first-order chi connectivity index (χ1) is 14.7. The molecule has 1 aliphatic carbocycles. The molecule has 3 aromatic rings. The zero-order chi connectivity index (χ0) is 20.9. The van der Waals surface area contributed by atoms with E-state index >= 15 is 0 Å². The van der Waals surface area contributed by atoms with Crippen LogP contribution in [0.3, 0.4) is 0 Å². The van der Waals surface area contributed by atoms with Crippen molar-refractivity contribution in [3.8, 4) is 11.6 Å². The Morgan fingerprint density at radius 1 is 1.07 bits per heavy atom. The van der Waals surface area contributed by atoms with E-state index in [2.05, 4.69) is 16.0 Å². The number of aliphatic imine (C=N–C) groups is 1. The average Bonchev–Trinajstić information content (AvgIpc) is 2.76. The third-order valence-corrected chi connectivity index (χ3v) is 5.14. The quantitative estimate of drug-likeness (QED) is 0.355. The predicted molar refractivity (Wildman–Crippen MR) is 109 cm³/mol. The van der Waals surface area contributed by atoms with Crippen molar-refractivity contribution in [2.45, 2.75) is 32.2 Å². The number of pyridine rings is 1. The number of hydrogen-bond donors (Lipinski definition) is 2. The Bertz CT molecular complexity index is 1070. The van der Waals surface area contributed by atoms with Crippen molar-refractivity contribution in [2.75, 3.05) is 0 Å². The predicted octanol–water partition coefficient (Wildman–Crippen LogP) is 4.96. The van der Waals surface area contributed by atoms with Gasteiger partial charge in [-0.1, -0.05) is 18.2 Å². The lowest BCUT2D eigenvalue weighted by molar-refractivity contribution is 0.234. The largest absolute Gasteiger partial charge is 0.439 e. The van der Waals surface area contributed by atoms with Gasteiger partial charge >= 0.3 is 0 Å². The molecule has 1 heterocycles. The van der Waals surface area contributed by atoms with E-state index in [1.807, 2.05) is 17.6 Å². The van der Waals surface area contributed by atoms with Crippen molar-refractivity contribution in [3.05, 3.63) is 88.6 Å². The molecule has 5 nitrogen and oxygen atoms in total. The average molecular weight is 409 g/mol. The highest BCUT2D eigenvalue weighted by molar-refractivity contribution is 5.98. The van der Waals surface area contributed by atoms with Crippen LogP contribution < -0.4 is 10.2 Å². The smallest absolute Gasteiger partial charge is 0.219 e. The molecule has 2 N–H and O–H groups in total. The summed E-state index contributed by atoms with van der Waals surface area (Å²) in [6.07, 6.45) is 5.83. The molecule has 7 heteroatoms. The number of aromatic nitrogens is 1. The zero-order valence-corrected chi connectivity index (χ0v) is 16.2. The number of ether oxygens (including phenoxy) is 1. The minimum Gasteiger partial charge on any atom is -0.439 e. The van der Waals surface area contributed by atoms with Gasteiger partial charge < -0.3 is 4.74 Å². The van der Waals surface area contributed by atoms with Gasteiger partial charge in [0.2, 0.25) is 5.88 Å². The summed E-state index contributed by atoms with van der Waals surface area (Å²) in [6, 6.07) is 12.9. The minimum atomic E-state index is -0.691. The maximum Gasteiger partial charge on any atom is 0.219 e. The molecule has 2 aromatic carbocycles. The number of benzene rings is 2. The number of aryl methyl sites for hydroxylation is 1. The van der Waals surface area contributed by atoms with Gasteiger partial charge in [-0.15, -0.1) is 0 Å². The molecule has 0 amide bonds. The molecule has 0 fully saturated rings. The second-order valence-corrected chi connectivity index (χ2v) is 7.06. The topological polar surface area (TPSA) is 66.7 Å². The van der Waals surface area contributed by atoms with Gasteiger partial charge in [0.15, 0.2) is 5.84 Å². The minimum absolute atomic E-state index is 0.0555. The molecular weight excluding hydrogens is 388 g/mol. The second-order valence-electron chi connectivity index (χ2n) is 7.06. The molecule has 1 aromatic heterocycles. The fourth-order valence-corrected chi connectivity index (χ4v) is 3.60. The van der Waals surface area contributed by atoms with Crippen LogP contribution in [-0.2, 0) is 19.4 Å². The van der Waals surface area contributed by atoms with Gasteiger partial charge in [0.1, 0.15) is 17.4 Å². The highest BCUT2D eigenvalue weighted by Crippen LogP contribution is 2.32. The fraction of sp³-hybridized carbons (Fsp3) is 0.217. The number of amidine groups is 1. The first kappa shape index (κ1) is 20.0. The second kappa shape index (κ2) is 9.00. The van der Waals surface area contributed by atoms with Crippen molar-refractivity contribution in [2.24, 2.45) is 4.99 Å². The number of hydroxylamine groups is 1. The molecule has 1 aliphatic rings. The maximum absolute atomic E-state index is 13.8. The van der Waals surface area contributed by atoms with E-state index < -0.39 is 11.6 Å². The van der Waals surface area contributed by atoms with E-state index in [1.165, 1.54) is 41.9 Å². The van der Waals surface area contributed by atoms with Gasteiger partial charge in [-0.05, 0) is 61.1 Å². The van der Waals surface area contributed by atoms with E-state index in [0.717, 1.165) is 25.0 Å². The van der Waals surface area contributed by atoms with Crippen LogP contribution in [0.2, 0.25) is 0 Å². The van der Waals surface area contributed by atoms with Crippen LogP contribution in [0.15, 0.2) is 59.7 Å². The Labute approximate surface area is 173 Å². The van der Waals surface area contributed by atoms with E-state index in [4.69, 9.17) is 4.74 Å². The van der Waals surface area contributed by atoms with Crippen LogP contribution in [0.4, 0.5) is 8.78 Å². The third kappa shape index (κ3) is 4.31. The summed E-state index contributed by atoms with van der Waals surface area (Å²) >= 11 is 0. The Balaban J connectivity index is 1.58. The van der Waals surface area contributed by atoms with Crippen molar-refractivity contribution < 1.29 is 18.7 Å². The van der Waals surface area contributed by atoms with Crippen LogP contribution in [0.1, 0.15) is 35.1 Å². The summed E-state index contributed by atoms with van der Waals surface area (Å²) in [6.45, 7) is -0.272. The Kier molecular flexibility index (Phi) is 5.99. The Morgan fingerprint density at radius 3 is 2.63 bits per heavy atom. The van der Waals surface area contributed by atoms with Crippen molar-refractivity contribution in [1.29, 1.82) is 0 Å². The first-order valence-corrected chi connectivity index (χ1v) is 9.78. The number of fused-ring (bicyclic) bond motifs is 1. The van der Waals surface area contributed by atoms with E-state index in [0.29, 0.717) is 11.4 Å². The molecule has 0 radical (unpaired) electrons. The highest BCUT2D eigenvalue weighted by Gasteiger charge is 2.15. The molecule has 0 unspecified atom stereocenters. The van der Waals surface area contributed by atoms with Gasteiger partial charge in [0.05, 0.1) is 6.54 Å². The molecule has 30 heavy (non-hydrogen) atoms. The van der Waals surface area contributed by atoms with Crippen LogP contribution in [0, 0.1) is 11.6 Å². The monoisotopic (exact) mass is 409 g/mol. The number of halogens is 2. The summed E-state index contributed by atoms with van der Waals surface area (Å²) in [7, 11) is 0. The molecule has 4 rings (SSSR count). The SMILES string of the molecule is ONC(=NCc1c(F)cccc1F)c1ccnc(Oc2cccc3c2CCCC3)c1. The number of hydrogen-bond acceptors (Lipinski definition) is 4. The van der Waals surface area contributed by atoms with Crippen molar-refractivity contribution >= 4 is 5.84 Å². The lowest BCUT2D eigenvalue weighted by Crippen LogP contribution is -2.21. The standard InChI is InChI=1S/C23H21F2N3O2/c24-19-8-4-9-20(25)18(19)14-27-23(28-29)16-11-12-26-22(13-16)30-21-10-3-6-15-5-1-2-7-17(15)21/h3-4,6,8-13,29H,1-2,5,7,14H2,(H,27,28). The summed E-state index contributed by atoms with van der Waals surface area (Å²) in [4.78, 5) is 8.36.